The Hall–Kier alpha value is -0.340. The maximum absolute atomic E-state index is 10.1. The first-order chi connectivity index (χ1) is 9.08. The number of rotatable bonds is 4. The van der Waals surface area contributed by atoms with E-state index in [1.165, 1.54) is 11.8 Å². The van der Waals surface area contributed by atoms with E-state index in [9.17, 15) is 15.3 Å². The first kappa shape index (κ1) is 15.1. The second-order valence-corrected chi connectivity index (χ2v) is 5.98. The zero-order valence-corrected chi connectivity index (χ0v) is 12.0. The molecule has 0 radical (unpaired) electrons. The Morgan fingerprint density at radius 3 is 2.74 bits per heavy atom. The normalized spacial score (nSPS) is 39.6. The highest BCUT2D eigenvalue weighted by molar-refractivity contribution is 8.14. The molecule has 0 aromatic heterocycles. The van der Waals surface area contributed by atoms with E-state index in [0.29, 0.717) is 6.42 Å². The van der Waals surface area contributed by atoms with Gasteiger partial charge in [0.25, 0.3) is 0 Å². The van der Waals surface area contributed by atoms with Crippen molar-refractivity contribution in [1.29, 1.82) is 0 Å². The number of thioether (sulfide) groups is 1. The molecule has 2 unspecified atom stereocenters. The predicted octanol–water partition coefficient (Wildman–Crippen LogP) is -0.325. The zero-order chi connectivity index (χ0) is 14.0. The molecule has 4 N–H and O–H groups in total. The van der Waals surface area contributed by atoms with Crippen LogP contribution < -0.4 is 5.32 Å². The van der Waals surface area contributed by atoms with Gasteiger partial charge in [0.15, 0.2) is 5.17 Å². The standard InChI is InChI=1S/C12H22N2O4S/c1-3-5-13-12-14-7-8(16)9(17)10(6(15)4-2)18-11(7)19-12/h6-11,15-17H,3-5H2,1-2H3,(H,13,14)/t6-,7+,8?,9-,10?,11+/m0/s1. The van der Waals surface area contributed by atoms with Gasteiger partial charge in [0, 0.05) is 6.54 Å². The van der Waals surface area contributed by atoms with Gasteiger partial charge in [-0.1, -0.05) is 25.6 Å². The third-order valence-electron chi connectivity index (χ3n) is 3.42. The summed E-state index contributed by atoms with van der Waals surface area (Å²) in [6.45, 7) is 4.68. The average molecular weight is 290 g/mol. The number of hydrogen-bond donors (Lipinski definition) is 4. The molecule has 110 valence electrons. The lowest BCUT2D eigenvalue weighted by Crippen LogP contribution is -2.58. The van der Waals surface area contributed by atoms with Crippen LogP contribution in [0.15, 0.2) is 4.99 Å². The Kier molecular flexibility index (Phi) is 5.08. The van der Waals surface area contributed by atoms with Crippen molar-refractivity contribution in [3.63, 3.8) is 0 Å². The third kappa shape index (κ3) is 3.05. The number of aliphatic hydroxyl groups is 3. The summed E-state index contributed by atoms with van der Waals surface area (Å²) in [7, 11) is 0. The summed E-state index contributed by atoms with van der Waals surface area (Å²) >= 11 is 1.41. The molecule has 0 amide bonds. The lowest BCUT2D eigenvalue weighted by atomic mass is 9.94. The van der Waals surface area contributed by atoms with E-state index in [1.807, 2.05) is 6.92 Å². The summed E-state index contributed by atoms with van der Waals surface area (Å²) in [6.07, 6.45) is -2.19. The SMILES string of the molecule is CCCNC1=N[C@@H]2C(O)[C@H](O)C([C@@H](O)CC)O[C@@H]2S1. The molecule has 0 aromatic rings. The van der Waals surface area contributed by atoms with Crippen molar-refractivity contribution in [2.75, 3.05) is 6.54 Å². The number of nitrogens with zero attached hydrogens (tertiary/aromatic N) is 1. The highest BCUT2D eigenvalue weighted by Crippen LogP contribution is 2.36. The van der Waals surface area contributed by atoms with Crippen molar-refractivity contribution in [1.82, 2.24) is 5.32 Å². The van der Waals surface area contributed by atoms with Crippen molar-refractivity contribution in [2.24, 2.45) is 4.99 Å². The Bertz CT molecular complexity index is 342. The van der Waals surface area contributed by atoms with Crippen LogP contribution in [0.2, 0.25) is 0 Å². The van der Waals surface area contributed by atoms with Gasteiger partial charge in [-0.3, -0.25) is 4.99 Å². The van der Waals surface area contributed by atoms with Gasteiger partial charge in [-0.25, -0.2) is 0 Å². The van der Waals surface area contributed by atoms with E-state index in [1.54, 1.807) is 0 Å². The summed E-state index contributed by atoms with van der Waals surface area (Å²) < 4.78 is 5.70. The molecule has 0 aromatic carbocycles. The fourth-order valence-corrected chi connectivity index (χ4v) is 3.39. The van der Waals surface area contributed by atoms with E-state index in [4.69, 9.17) is 4.74 Å². The van der Waals surface area contributed by atoms with Crippen molar-refractivity contribution in [2.45, 2.75) is 62.6 Å². The smallest absolute Gasteiger partial charge is 0.159 e. The minimum atomic E-state index is -1.11. The van der Waals surface area contributed by atoms with Crippen molar-refractivity contribution >= 4 is 16.9 Å². The lowest BCUT2D eigenvalue weighted by Gasteiger charge is -2.40. The van der Waals surface area contributed by atoms with Crippen LogP contribution in [0.25, 0.3) is 0 Å². The lowest BCUT2D eigenvalue weighted by molar-refractivity contribution is -0.185. The minimum Gasteiger partial charge on any atom is -0.390 e. The van der Waals surface area contributed by atoms with Crippen LogP contribution >= 0.6 is 11.8 Å². The van der Waals surface area contributed by atoms with Crippen LogP contribution in [-0.4, -0.2) is 62.9 Å². The van der Waals surface area contributed by atoms with Gasteiger partial charge in [0.2, 0.25) is 0 Å². The quantitative estimate of drug-likeness (QED) is 0.567. The predicted molar refractivity (Wildman–Crippen MR) is 74.1 cm³/mol. The fraction of sp³-hybridized carbons (Fsp3) is 0.917. The van der Waals surface area contributed by atoms with Gasteiger partial charge in [-0.2, -0.15) is 0 Å². The summed E-state index contributed by atoms with van der Waals surface area (Å²) in [5.41, 5.74) is -0.344. The molecule has 1 fully saturated rings. The summed E-state index contributed by atoms with van der Waals surface area (Å²) in [5, 5.41) is 33.9. The molecule has 0 spiro atoms. The summed E-state index contributed by atoms with van der Waals surface area (Å²) in [4.78, 5) is 4.35. The first-order valence-corrected chi connectivity index (χ1v) is 7.64. The number of nitrogens with one attached hydrogen (secondary N) is 1. The third-order valence-corrected chi connectivity index (χ3v) is 4.52. The van der Waals surface area contributed by atoms with Crippen LogP contribution in [0, 0.1) is 0 Å². The number of aliphatic hydroxyl groups excluding tert-OH is 3. The van der Waals surface area contributed by atoms with E-state index < -0.39 is 30.5 Å². The number of hydrogen-bond acceptors (Lipinski definition) is 7. The first-order valence-electron chi connectivity index (χ1n) is 6.76. The van der Waals surface area contributed by atoms with Crippen LogP contribution in [0.3, 0.4) is 0 Å². The maximum Gasteiger partial charge on any atom is 0.159 e. The van der Waals surface area contributed by atoms with E-state index in [-0.39, 0.29) is 5.44 Å². The second-order valence-electron chi connectivity index (χ2n) is 4.90. The molecule has 19 heavy (non-hydrogen) atoms. The van der Waals surface area contributed by atoms with Crippen LogP contribution in [0.5, 0.6) is 0 Å². The Morgan fingerprint density at radius 1 is 1.37 bits per heavy atom. The van der Waals surface area contributed by atoms with Crippen molar-refractivity contribution < 1.29 is 20.1 Å². The van der Waals surface area contributed by atoms with Gasteiger partial charge >= 0.3 is 0 Å². The van der Waals surface area contributed by atoms with Crippen molar-refractivity contribution in [3.05, 3.63) is 0 Å². The van der Waals surface area contributed by atoms with Gasteiger partial charge in [-0.05, 0) is 12.8 Å². The number of fused-ring (bicyclic) bond motifs is 1. The minimum absolute atomic E-state index is 0.344. The Balaban J connectivity index is 2.04. The van der Waals surface area contributed by atoms with Gasteiger partial charge in [-0.15, -0.1) is 0 Å². The monoisotopic (exact) mass is 290 g/mol. The molecular formula is C12H22N2O4S. The highest BCUT2D eigenvalue weighted by Gasteiger charge is 2.49. The van der Waals surface area contributed by atoms with E-state index in [0.717, 1.165) is 18.1 Å². The van der Waals surface area contributed by atoms with E-state index >= 15 is 0 Å². The highest BCUT2D eigenvalue weighted by atomic mass is 32.2. The maximum atomic E-state index is 10.1. The molecule has 1 saturated heterocycles. The molecule has 6 nitrogen and oxygen atoms in total. The summed E-state index contributed by atoms with van der Waals surface area (Å²) in [6, 6.07) is -0.473. The van der Waals surface area contributed by atoms with Gasteiger partial charge < -0.3 is 25.4 Å². The Labute approximate surface area is 117 Å². The van der Waals surface area contributed by atoms with Crippen LogP contribution in [0.1, 0.15) is 26.7 Å². The molecule has 0 saturated carbocycles. The topological polar surface area (TPSA) is 94.3 Å². The van der Waals surface area contributed by atoms with Crippen molar-refractivity contribution in [3.8, 4) is 0 Å². The average Bonchev–Trinajstić information content (AvgIpc) is 2.82. The molecule has 7 heteroatoms. The number of aliphatic imine (C=N–C) groups is 1. The fourth-order valence-electron chi connectivity index (χ4n) is 2.25. The largest absolute Gasteiger partial charge is 0.390 e. The molecule has 2 aliphatic heterocycles. The van der Waals surface area contributed by atoms with E-state index in [2.05, 4.69) is 17.2 Å². The van der Waals surface area contributed by atoms with Gasteiger partial charge in [0.1, 0.15) is 29.8 Å². The molecule has 0 bridgehead atoms. The molecule has 2 rings (SSSR count). The Morgan fingerprint density at radius 2 is 2.11 bits per heavy atom. The molecule has 0 aliphatic carbocycles. The zero-order valence-electron chi connectivity index (χ0n) is 11.2. The summed E-state index contributed by atoms with van der Waals surface area (Å²) in [5.74, 6) is 0. The molecule has 2 aliphatic rings. The van der Waals surface area contributed by atoms with Gasteiger partial charge in [0.05, 0.1) is 6.10 Å². The van der Waals surface area contributed by atoms with Crippen LogP contribution in [0.4, 0.5) is 0 Å². The number of amidine groups is 1. The second kappa shape index (κ2) is 6.41. The number of ether oxygens (including phenoxy) is 1. The molecule has 2 heterocycles. The molecular weight excluding hydrogens is 268 g/mol. The van der Waals surface area contributed by atoms with Crippen LogP contribution in [-0.2, 0) is 4.74 Å². The molecule has 6 atom stereocenters.